The van der Waals surface area contributed by atoms with E-state index in [1.807, 2.05) is 17.9 Å². The molecule has 2 atom stereocenters. The van der Waals surface area contributed by atoms with E-state index >= 15 is 0 Å². The Morgan fingerprint density at radius 3 is 2.71 bits per heavy atom. The molecule has 0 radical (unpaired) electrons. The quantitative estimate of drug-likeness (QED) is 0.718. The minimum absolute atomic E-state index is 0.0438. The number of carbonyl (C=O) groups excluding carboxylic acids is 1. The van der Waals surface area contributed by atoms with E-state index in [2.05, 4.69) is 0 Å². The molecule has 1 aliphatic heterocycles. The Balaban J connectivity index is 1.93. The smallest absolute Gasteiger partial charge is 0.335 e. The number of aliphatic hydroxyl groups is 1. The van der Waals surface area contributed by atoms with Crippen molar-refractivity contribution in [2.24, 2.45) is 0 Å². The van der Waals surface area contributed by atoms with Gasteiger partial charge in [-0.3, -0.25) is 4.79 Å². The van der Waals surface area contributed by atoms with Crippen molar-refractivity contribution >= 4 is 11.9 Å². The molecular weight excluding hydrogens is 306 g/mol. The highest BCUT2D eigenvalue weighted by atomic mass is 16.4. The lowest BCUT2D eigenvalue weighted by Crippen LogP contribution is -2.33. The molecule has 2 unspecified atom stereocenters. The maximum Gasteiger partial charge on any atom is 0.335 e. The Labute approximate surface area is 142 Å². The van der Waals surface area contributed by atoms with Crippen molar-refractivity contribution in [3.05, 3.63) is 47.5 Å². The third-order valence-corrected chi connectivity index (χ3v) is 4.36. The predicted molar refractivity (Wildman–Crippen MR) is 91.9 cm³/mol. The molecule has 0 saturated carbocycles. The van der Waals surface area contributed by atoms with Crippen molar-refractivity contribution in [3.8, 4) is 0 Å². The SMILES string of the molecule is CCCC(O)C=CC1CCC(=O)N1CCc1ccc(C(=O)O)cc1. The summed E-state index contributed by atoms with van der Waals surface area (Å²) in [5.74, 6) is -0.802. The number of nitrogens with zero attached hydrogens (tertiary/aromatic N) is 1. The number of aromatic carboxylic acids is 1. The number of hydrogen-bond donors (Lipinski definition) is 2. The summed E-state index contributed by atoms with van der Waals surface area (Å²) in [5.41, 5.74) is 1.27. The Kier molecular flexibility index (Phi) is 6.55. The van der Waals surface area contributed by atoms with Gasteiger partial charge in [0, 0.05) is 13.0 Å². The highest BCUT2D eigenvalue weighted by Gasteiger charge is 2.28. The maximum absolute atomic E-state index is 12.1. The van der Waals surface area contributed by atoms with Gasteiger partial charge >= 0.3 is 5.97 Å². The average Bonchev–Trinajstić information content (AvgIpc) is 2.91. The van der Waals surface area contributed by atoms with Gasteiger partial charge in [-0.25, -0.2) is 4.79 Å². The molecule has 1 fully saturated rings. The van der Waals surface area contributed by atoms with Crippen LogP contribution < -0.4 is 0 Å². The lowest BCUT2D eigenvalue weighted by Gasteiger charge is -2.22. The highest BCUT2D eigenvalue weighted by Crippen LogP contribution is 2.21. The zero-order chi connectivity index (χ0) is 17.5. The van der Waals surface area contributed by atoms with Gasteiger partial charge in [-0.15, -0.1) is 0 Å². The zero-order valence-corrected chi connectivity index (χ0v) is 14.0. The predicted octanol–water partition coefficient (Wildman–Crippen LogP) is 2.64. The van der Waals surface area contributed by atoms with E-state index in [9.17, 15) is 14.7 Å². The van der Waals surface area contributed by atoms with Crippen LogP contribution in [0.15, 0.2) is 36.4 Å². The molecule has 24 heavy (non-hydrogen) atoms. The second kappa shape index (κ2) is 8.64. The topological polar surface area (TPSA) is 77.8 Å². The monoisotopic (exact) mass is 331 g/mol. The van der Waals surface area contributed by atoms with Crippen molar-refractivity contribution in [1.82, 2.24) is 4.90 Å². The first-order valence-corrected chi connectivity index (χ1v) is 8.49. The molecule has 0 spiro atoms. The summed E-state index contributed by atoms with van der Waals surface area (Å²) < 4.78 is 0. The molecule has 0 bridgehead atoms. The molecule has 2 rings (SSSR count). The zero-order valence-electron chi connectivity index (χ0n) is 14.0. The van der Waals surface area contributed by atoms with Crippen LogP contribution in [0.5, 0.6) is 0 Å². The Hall–Kier alpha value is -2.14. The Morgan fingerprint density at radius 2 is 2.08 bits per heavy atom. The first-order valence-electron chi connectivity index (χ1n) is 8.49. The molecule has 1 saturated heterocycles. The Morgan fingerprint density at radius 1 is 1.38 bits per heavy atom. The van der Waals surface area contributed by atoms with Crippen LogP contribution in [0, 0.1) is 0 Å². The van der Waals surface area contributed by atoms with Gasteiger partial charge in [-0.2, -0.15) is 0 Å². The molecule has 1 aromatic carbocycles. The van der Waals surface area contributed by atoms with Crippen LogP contribution in [0.25, 0.3) is 0 Å². The molecule has 2 N–H and O–H groups in total. The average molecular weight is 331 g/mol. The van der Waals surface area contributed by atoms with Gasteiger partial charge in [0.25, 0.3) is 0 Å². The number of benzene rings is 1. The van der Waals surface area contributed by atoms with E-state index in [0.717, 1.165) is 24.8 Å². The molecule has 1 aromatic rings. The van der Waals surface area contributed by atoms with E-state index in [4.69, 9.17) is 5.11 Å². The summed E-state index contributed by atoms with van der Waals surface area (Å²) in [7, 11) is 0. The molecule has 1 heterocycles. The van der Waals surface area contributed by atoms with Gasteiger partial charge in [-0.05, 0) is 37.0 Å². The number of likely N-dealkylation sites (tertiary alicyclic amines) is 1. The molecular formula is C19H25NO4. The summed E-state index contributed by atoms with van der Waals surface area (Å²) in [5, 5.41) is 18.7. The van der Waals surface area contributed by atoms with E-state index < -0.39 is 12.1 Å². The highest BCUT2D eigenvalue weighted by molar-refractivity contribution is 5.87. The molecule has 130 valence electrons. The minimum atomic E-state index is -0.938. The van der Waals surface area contributed by atoms with Crippen LogP contribution in [0.2, 0.25) is 0 Å². The number of hydrogen-bond acceptors (Lipinski definition) is 3. The molecule has 5 heteroatoms. The number of carboxylic acids is 1. The first-order chi connectivity index (χ1) is 11.5. The number of carbonyl (C=O) groups is 2. The lowest BCUT2D eigenvalue weighted by molar-refractivity contribution is -0.128. The van der Waals surface area contributed by atoms with Gasteiger partial charge in [0.05, 0.1) is 17.7 Å². The first kappa shape index (κ1) is 18.2. The van der Waals surface area contributed by atoms with Gasteiger partial charge in [0.15, 0.2) is 0 Å². The van der Waals surface area contributed by atoms with E-state index in [0.29, 0.717) is 19.4 Å². The normalized spacial score (nSPS) is 19.2. The molecule has 1 amide bonds. The van der Waals surface area contributed by atoms with Crippen LogP contribution in [-0.4, -0.2) is 45.7 Å². The third kappa shape index (κ3) is 4.93. The summed E-state index contributed by atoms with van der Waals surface area (Å²) in [6.45, 7) is 2.63. The lowest BCUT2D eigenvalue weighted by atomic mass is 10.1. The van der Waals surface area contributed by atoms with Gasteiger partial charge in [0.2, 0.25) is 5.91 Å². The summed E-state index contributed by atoms with van der Waals surface area (Å²) in [6.07, 6.45) is 6.95. The van der Waals surface area contributed by atoms with Gasteiger partial charge in [0.1, 0.15) is 0 Å². The van der Waals surface area contributed by atoms with E-state index in [1.165, 1.54) is 0 Å². The van der Waals surface area contributed by atoms with Gasteiger partial charge < -0.3 is 15.1 Å². The second-order valence-corrected chi connectivity index (χ2v) is 6.19. The van der Waals surface area contributed by atoms with Crippen LogP contribution in [-0.2, 0) is 11.2 Å². The summed E-state index contributed by atoms with van der Waals surface area (Å²) in [4.78, 5) is 24.8. The van der Waals surface area contributed by atoms with Crippen LogP contribution in [0.4, 0.5) is 0 Å². The maximum atomic E-state index is 12.1. The number of rotatable bonds is 8. The summed E-state index contributed by atoms with van der Waals surface area (Å²) in [6, 6.07) is 6.80. The van der Waals surface area contributed by atoms with Crippen LogP contribution >= 0.6 is 0 Å². The second-order valence-electron chi connectivity index (χ2n) is 6.19. The number of carboxylic acid groups (broad SMARTS) is 1. The number of aliphatic hydroxyl groups excluding tert-OH is 1. The van der Waals surface area contributed by atoms with Crippen molar-refractivity contribution < 1.29 is 19.8 Å². The summed E-state index contributed by atoms with van der Waals surface area (Å²) >= 11 is 0. The molecule has 0 aromatic heterocycles. The van der Waals surface area contributed by atoms with Crippen LogP contribution in [0.3, 0.4) is 0 Å². The largest absolute Gasteiger partial charge is 0.478 e. The van der Waals surface area contributed by atoms with Gasteiger partial charge in [-0.1, -0.05) is 37.6 Å². The van der Waals surface area contributed by atoms with Crippen molar-refractivity contribution in [1.29, 1.82) is 0 Å². The van der Waals surface area contributed by atoms with Crippen molar-refractivity contribution in [2.45, 2.75) is 51.2 Å². The molecule has 5 nitrogen and oxygen atoms in total. The minimum Gasteiger partial charge on any atom is -0.478 e. The number of amides is 1. The third-order valence-electron chi connectivity index (χ3n) is 4.36. The molecule has 0 aliphatic carbocycles. The fraction of sp³-hybridized carbons (Fsp3) is 0.474. The van der Waals surface area contributed by atoms with E-state index in [1.54, 1.807) is 30.3 Å². The van der Waals surface area contributed by atoms with Crippen LogP contribution in [0.1, 0.15) is 48.5 Å². The fourth-order valence-corrected chi connectivity index (χ4v) is 2.96. The van der Waals surface area contributed by atoms with E-state index in [-0.39, 0.29) is 17.5 Å². The standard InChI is InChI=1S/C19H25NO4/c1-2-3-17(21)10-8-16-9-11-18(22)20(16)13-12-14-4-6-15(7-5-14)19(23)24/h4-8,10,16-17,21H,2-3,9,11-13H2,1H3,(H,23,24). The Bertz CT molecular complexity index is 594. The van der Waals surface area contributed by atoms with Crippen molar-refractivity contribution in [2.75, 3.05) is 6.54 Å². The van der Waals surface area contributed by atoms with Crippen molar-refractivity contribution in [3.63, 3.8) is 0 Å². The molecule has 1 aliphatic rings. The fourth-order valence-electron chi connectivity index (χ4n) is 2.96.